The van der Waals surface area contributed by atoms with Gasteiger partial charge in [0.15, 0.2) is 0 Å². The molecule has 0 aliphatic heterocycles. The van der Waals surface area contributed by atoms with Gasteiger partial charge in [-0.1, -0.05) is 24.3 Å². The van der Waals surface area contributed by atoms with Crippen LogP contribution in [0.25, 0.3) is 10.8 Å². The summed E-state index contributed by atoms with van der Waals surface area (Å²) >= 11 is 0. The first kappa shape index (κ1) is 19.3. The Morgan fingerprint density at radius 3 is 1.48 bits per heavy atom. The van der Waals surface area contributed by atoms with E-state index in [-0.39, 0.29) is 54.3 Å². The summed E-state index contributed by atoms with van der Waals surface area (Å²) in [6, 6.07) is 6.82. The average molecular weight is 328 g/mol. The van der Waals surface area contributed by atoms with Crippen molar-refractivity contribution in [2.45, 2.75) is 13.8 Å². The zero-order valence-corrected chi connectivity index (χ0v) is 12.3. The van der Waals surface area contributed by atoms with Crippen LogP contribution in [0.15, 0.2) is 24.3 Å². The first-order valence-corrected chi connectivity index (χ1v) is 6.83. The van der Waals surface area contributed by atoms with Crippen molar-refractivity contribution in [3.8, 4) is 11.5 Å². The van der Waals surface area contributed by atoms with Crippen LogP contribution in [0, 0.1) is 0 Å². The number of hydrogen-bond acceptors (Lipinski definition) is 4. The second-order valence-electron chi connectivity index (χ2n) is 4.43. The van der Waals surface area contributed by atoms with Crippen LogP contribution in [-0.2, 0) is 0 Å². The van der Waals surface area contributed by atoms with Gasteiger partial charge in [0.2, 0.25) is 0 Å². The van der Waals surface area contributed by atoms with Crippen LogP contribution in [-0.4, -0.2) is 64.9 Å². The molecule has 0 aliphatic carbocycles. The fraction of sp³-hybridized carbons (Fsp3) is 0.250. The van der Waals surface area contributed by atoms with Gasteiger partial charge in [-0.05, 0) is 13.8 Å². The molecule has 2 aromatic rings. The van der Waals surface area contributed by atoms with Crippen LogP contribution in [0.5, 0.6) is 11.5 Å². The van der Waals surface area contributed by atoms with E-state index < -0.39 is 23.1 Å². The molecular weight excluding hydrogens is 311 g/mol. The van der Waals surface area contributed by atoms with Crippen molar-refractivity contribution in [3.63, 3.8) is 0 Å². The molecule has 0 bridgehead atoms. The molecule has 0 radical (unpaired) electrons. The van der Waals surface area contributed by atoms with Crippen molar-refractivity contribution in [3.05, 3.63) is 35.4 Å². The molecule has 0 fully saturated rings. The maximum absolute atomic E-state index is 11.6. The molecule has 2 N–H and O–H groups in total. The molecule has 0 aromatic heterocycles. The Labute approximate surface area is 155 Å². The molecule has 118 valence electrons. The third-order valence-electron chi connectivity index (χ3n) is 3.13. The molecule has 0 aliphatic rings. The minimum absolute atomic E-state index is 0. The Morgan fingerprint density at radius 2 is 1.22 bits per heavy atom. The van der Waals surface area contributed by atoms with E-state index in [1.54, 1.807) is 38.1 Å². The van der Waals surface area contributed by atoms with Gasteiger partial charge in [0.25, 0.3) is 0 Å². The van der Waals surface area contributed by atoms with E-state index in [1.165, 1.54) is 0 Å². The molecule has 0 spiro atoms. The van der Waals surface area contributed by atoms with Crippen LogP contribution in [0.1, 0.15) is 34.6 Å². The summed E-state index contributed by atoms with van der Waals surface area (Å²) in [5, 5.41) is 20.0. The molecule has 0 saturated heterocycles. The van der Waals surface area contributed by atoms with E-state index in [0.717, 1.165) is 0 Å². The monoisotopic (exact) mass is 328 g/mol. The van der Waals surface area contributed by atoms with Gasteiger partial charge in [0.05, 0.1) is 13.2 Å². The molecule has 0 atom stereocenters. The minimum atomic E-state index is -1.37. The van der Waals surface area contributed by atoms with Gasteiger partial charge in [0.1, 0.15) is 22.6 Å². The summed E-state index contributed by atoms with van der Waals surface area (Å²) in [5.74, 6) is -2.64. The second kappa shape index (κ2) is 8.19. The predicted octanol–water partition coefficient (Wildman–Crippen LogP) is 2.39. The predicted molar refractivity (Wildman–Crippen MR) is 87.4 cm³/mol. The van der Waals surface area contributed by atoms with Crippen LogP contribution >= 0.6 is 0 Å². The van der Waals surface area contributed by atoms with Crippen molar-refractivity contribution < 1.29 is 29.3 Å². The molecule has 23 heavy (non-hydrogen) atoms. The number of carboxylic acid groups (broad SMARTS) is 2. The third kappa shape index (κ3) is 3.60. The number of carboxylic acids is 2. The molecule has 0 amide bonds. The summed E-state index contributed by atoms with van der Waals surface area (Å²) in [7, 11) is 0. The molecule has 7 heteroatoms. The van der Waals surface area contributed by atoms with Crippen LogP contribution in [0.4, 0.5) is 0 Å². The Bertz CT molecular complexity index is 678. The third-order valence-corrected chi connectivity index (χ3v) is 3.13. The van der Waals surface area contributed by atoms with E-state index in [9.17, 15) is 19.8 Å². The van der Waals surface area contributed by atoms with Crippen LogP contribution in [0.2, 0.25) is 0 Å². The Hall–Kier alpha value is -1.76. The number of benzene rings is 2. The van der Waals surface area contributed by atoms with Crippen molar-refractivity contribution in [2.75, 3.05) is 13.2 Å². The average Bonchev–Trinajstić information content (AvgIpc) is 2.48. The fourth-order valence-electron chi connectivity index (χ4n) is 2.37. The molecule has 0 heterocycles. The van der Waals surface area contributed by atoms with E-state index in [0.29, 0.717) is 10.8 Å². The number of fused-ring (bicyclic) bond motifs is 1. The maximum atomic E-state index is 11.6. The van der Waals surface area contributed by atoms with Crippen molar-refractivity contribution in [2.24, 2.45) is 0 Å². The van der Waals surface area contributed by atoms with Crippen molar-refractivity contribution in [1.29, 1.82) is 0 Å². The summed E-state index contributed by atoms with van der Waals surface area (Å²) < 4.78 is 10.9. The second-order valence-corrected chi connectivity index (χ2v) is 4.43. The van der Waals surface area contributed by atoms with Crippen molar-refractivity contribution >= 4 is 52.3 Å². The normalized spacial score (nSPS) is 10.0. The summed E-state index contributed by atoms with van der Waals surface area (Å²) in [6.07, 6.45) is 0. The van der Waals surface area contributed by atoms with Gasteiger partial charge in [-0.15, -0.1) is 0 Å². The Morgan fingerprint density at radius 1 is 0.870 bits per heavy atom. The summed E-state index contributed by atoms with van der Waals surface area (Å²) in [4.78, 5) is 23.2. The van der Waals surface area contributed by atoms with Crippen molar-refractivity contribution in [1.82, 2.24) is 0 Å². The zero-order valence-electron chi connectivity index (χ0n) is 12.3. The topological polar surface area (TPSA) is 93.1 Å². The molecule has 6 nitrogen and oxygen atoms in total. The van der Waals surface area contributed by atoms with E-state index in [4.69, 9.17) is 9.47 Å². The summed E-state index contributed by atoms with van der Waals surface area (Å²) in [5.41, 5.74) is -0.784. The van der Waals surface area contributed by atoms with Gasteiger partial charge in [-0.3, -0.25) is 0 Å². The van der Waals surface area contributed by atoms with E-state index in [1.807, 2.05) is 0 Å². The fourth-order valence-corrected chi connectivity index (χ4v) is 2.37. The van der Waals surface area contributed by atoms with E-state index in [2.05, 4.69) is 0 Å². The first-order valence-electron chi connectivity index (χ1n) is 6.83. The SMILES string of the molecule is CCOc1c(C(=O)O)c(C(=O)O)c(OCC)c2ccccc12.[NaH]. The number of rotatable bonds is 6. The Kier molecular flexibility index (Phi) is 6.87. The molecule has 0 unspecified atom stereocenters. The van der Waals surface area contributed by atoms with Gasteiger partial charge in [-0.25, -0.2) is 9.59 Å². The quantitative estimate of drug-likeness (QED) is 0.791. The number of aromatic carboxylic acids is 2. The zero-order chi connectivity index (χ0) is 16.3. The standard InChI is InChI=1S/C16H16O6.Na.H/c1-3-21-13-9-7-5-6-8-10(9)14(22-4-2)12(16(19)20)11(13)15(17)18;;/h5-8H,3-4H2,1-2H3,(H,17,18)(H,19,20);;. The van der Waals surface area contributed by atoms with Gasteiger partial charge in [-0.2, -0.15) is 0 Å². The molecular formula is C16H17NaO6. The Balaban J connectivity index is 0.00000264. The molecule has 2 rings (SSSR count). The molecule has 0 saturated carbocycles. The van der Waals surface area contributed by atoms with Crippen LogP contribution in [0.3, 0.4) is 0 Å². The van der Waals surface area contributed by atoms with Gasteiger partial charge in [0, 0.05) is 10.8 Å². The van der Waals surface area contributed by atoms with Gasteiger partial charge >= 0.3 is 41.5 Å². The number of hydrogen-bond donors (Lipinski definition) is 2. The van der Waals surface area contributed by atoms with Gasteiger partial charge < -0.3 is 19.7 Å². The first-order chi connectivity index (χ1) is 10.5. The molecule has 2 aromatic carbocycles. The van der Waals surface area contributed by atoms with E-state index >= 15 is 0 Å². The summed E-state index contributed by atoms with van der Waals surface area (Å²) in [6.45, 7) is 3.85. The number of carbonyl (C=O) groups is 2. The van der Waals surface area contributed by atoms with Crippen LogP contribution < -0.4 is 9.47 Å². The number of ether oxygens (including phenoxy) is 2.